The molecule has 0 unspecified atom stereocenters. The minimum Gasteiger partial charge on any atom is -0.481 e. The van der Waals surface area contributed by atoms with Gasteiger partial charge in [0.25, 0.3) is 0 Å². The minimum absolute atomic E-state index is 0.0533. The number of nitrogens with one attached hydrogen (secondary N) is 8. The first-order chi connectivity index (χ1) is 31.9. The molecule has 26 nitrogen and oxygen atoms in total. The zero-order chi connectivity index (χ0) is 52.1. The summed E-state index contributed by atoms with van der Waals surface area (Å²) in [5.41, 5.74) is 22.1. The summed E-state index contributed by atoms with van der Waals surface area (Å²) in [4.78, 5) is 142. The van der Waals surface area contributed by atoms with Gasteiger partial charge in [0.1, 0.15) is 48.3 Å². The molecule has 0 aliphatic carbocycles. The summed E-state index contributed by atoms with van der Waals surface area (Å²) in [6.45, 7) is 7.90. The Morgan fingerprint density at radius 1 is 0.397 bits per heavy atom. The second-order valence-electron chi connectivity index (χ2n) is 17.0. The molecule has 68 heavy (non-hydrogen) atoms. The van der Waals surface area contributed by atoms with Crippen molar-refractivity contribution >= 4 is 65.2 Å². The molecule has 0 aliphatic rings. The van der Waals surface area contributed by atoms with E-state index in [-0.39, 0.29) is 25.8 Å². The predicted molar refractivity (Wildman–Crippen MR) is 245 cm³/mol. The van der Waals surface area contributed by atoms with Crippen LogP contribution in [-0.4, -0.2) is 155 Å². The van der Waals surface area contributed by atoms with Crippen LogP contribution in [0.4, 0.5) is 0 Å². The van der Waals surface area contributed by atoms with Gasteiger partial charge >= 0.3 is 17.9 Å². The molecule has 0 radical (unpaired) electrons. The van der Waals surface area contributed by atoms with Gasteiger partial charge in [-0.15, -0.1) is 0 Å². The Balaban J connectivity index is 6.32. The summed E-state index contributed by atoms with van der Waals surface area (Å²) >= 11 is 0. The van der Waals surface area contributed by atoms with E-state index in [0.29, 0.717) is 51.6 Å². The number of hydrogen-bond donors (Lipinski definition) is 15. The van der Waals surface area contributed by atoms with E-state index in [1.807, 2.05) is 0 Å². The van der Waals surface area contributed by atoms with Crippen LogP contribution in [0.2, 0.25) is 0 Å². The van der Waals surface area contributed by atoms with Crippen molar-refractivity contribution in [1.82, 2.24) is 42.5 Å². The zero-order valence-electron chi connectivity index (χ0n) is 39.7. The predicted octanol–water partition coefficient (Wildman–Crippen LogP) is -4.03. The average molecular weight is 973 g/mol. The lowest BCUT2D eigenvalue weighted by molar-refractivity contribution is -0.143. The highest BCUT2D eigenvalue weighted by Crippen LogP contribution is 2.11. The number of nitrogens with two attached hydrogens (primary N) is 4. The van der Waals surface area contributed by atoms with E-state index in [2.05, 4.69) is 42.5 Å². The van der Waals surface area contributed by atoms with Gasteiger partial charge in [-0.25, -0.2) is 4.79 Å². The lowest BCUT2D eigenvalue weighted by Gasteiger charge is -2.28. The molecule has 0 spiro atoms. The van der Waals surface area contributed by atoms with Crippen LogP contribution in [0.25, 0.3) is 0 Å². The molecule has 0 fully saturated rings. The third-order valence-electron chi connectivity index (χ3n) is 10.5. The van der Waals surface area contributed by atoms with E-state index < -0.39 is 151 Å². The number of carbonyl (C=O) groups is 11. The fourth-order valence-electron chi connectivity index (χ4n) is 6.49. The number of carboxylic acid groups (broad SMARTS) is 3. The maximum Gasteiger partial charge on any atom is 0.326 e. The Bertz CT molecular complexity index is 1700. The van der Waals surface area contributed by atoms with Crippen molar-refractivity contribution in [2.24, 2.45) is 34.8 Å². The van der Waals surface area contributed by atoms with Crippen molar-refractivity contribution in [2.75, 3.05) is 26.2 Å². The maximum absolute atomic E-state index is 13.7. The molecular weight excluding hydrogens is 897 g/mol. The molecule has 388 valence electrons. The van der Waals surface area contributed by atoms with Crippen LogP contribution in [0.15, 0.2) is 0 Å². The van der Waals surface area contributed by atoms with E-state index in [9.17, 15) is 68.1 Å². The molecule has 0 aromatic heterocycles. The highest BCUT2D eigenvalue weighted by Gasteiger charge is 2.36. The molecule has 0 saturated heterocycles. The molecule has 0 bridgehead atoms. The number of amides is 8. The molecule has 8 amide bonds. The summed E-state index contributed by atoms with van der Waals surface area (Å²) in [6.07, 6.45) is 0.699. The third-order valence-corrected chi connectivity index (χ3v) is 10.5. The number of aliphatic carboxylic acids is 3. The number of unbranched alkanes of at least 4 members (excludes halogenated alkanes) is 3. The van der Waals surface area contributed by atoms with Gasteiger partial charge in [0.05, 0.1) is 13.0 Å². The van der Waals surface area contributed by atoms with Gasteiger partial charge in [0, 0.05) is 6.42 Å². The average Bonchev–Trinajstić information content (AvgIpc) is 3.26. The van der Waals surface area contributed by atoms with E-state index in [0.717, 1.165) is 0 Å². The van der Waals surface area contributed by atoms with E-state index >= 15 is 0 Å². The van der Waals surface area contributed by atoms with Crippen molar-refractivity contribution in [3.63, 3.8) is 0 Å². The molecule has 8 atom stereocenters. The van der Waals surface area contributed by atoms with Gasteiger partial charge in [-0.05, 0) is 103 Å². The molecular formula is C42H76N12O14. The van der Waals surface area contributed by atoms with E-state index in [4.69, 9.17) is 22.9 Å². The van der Waals surface area contributed by atoms with Gasteiger partial charge in [0.2, 0.25) is 47.3 Å². The van der Waals surface area contributed by atoms with Crippen LogP contribution < -0.4 is 65.5 Å². The quantitative estimate of drug-likeness (QED) is 0.0266. The van der Waals surface area contributed by atoms with E-state index in [1.54, 1.807) is 13.8 Å². The van der Waals surface area contributed by atoms with Crippen molar-refractivity contribution < 1.29 is 68.1 Å². The fourth-order valence-corrected chi connectivity index (χ4v) is 6.49. The summed E-state index contributed by atoms with van der Waals surface area (Å²) in [6, 6.07) is -11.2. The molecule has 19 N–H and O–H groups in total. The maximum atomic E-state index is 13.7. The fraction of sp³-hybridized carbons (Fsp3) is 0.738. The van der Waals surface area contributed by atoms with Crippen LogP contribution in [0.1, 0.15) is 112 Å². The molecule has 26 heteroatoms. The van der Waals surface area contributed by atoms with Crippen molar-refractivity contribution in [2.45, 2.75) is 160 Å². The summed E-state index contributed by atoms with van der Waals surface area (Å²) < 4.78 is 0. The number of hydrogen-bond acceptors (Lipinski definition) is 15. The smallest absolute Gasteiger partial charge is 0.326 e. The Labute approximate surface area is 396 Å². The number of carboxylic acids is 3. The van der Waals surface area contributed by atoms with Crippen LogP contribution in [0.3, 0.4) is 0 Å². The Morgan fingerprint density at radius 2 is 0.765 bits per heavy atom. The molecule has 0 rings (SSSR count). The van der Waals surface area contributed by atoms with Crippen LogP contribution in [-0.2, 0) is 52.7 Å². The van der Waals surface area contributed by atoms with Crippen LogP contribution in [0, 0.1) is 11.8 Å². The second kappa shape index (κ2) is 33.5. The zero-order valence-corrected chi connectivity index (χ0v) is 39.7. The van der Waals surface area contributed by atoms with Gasteiger partial charge in [0.15, 0.2) is 0 Å². The SMILES string of the molecule is CC(C)[C@H](NC(=O)CN)C(=O)N[C@@H](CC(=O)O)C(=O)N[C@@H](CCC(=O)O)C(=O)N[C@H](C(=O)N[C@@H](C)C(=O)N[C@@H](CCCCN)C(=O)N[C@@H](CCCCN)C(=O)N[C@@H](CCCCN)C(=O)O)C(C)C. The Hall–Kier alpha value is -5.99. The number of carbonyl (C=O) groups excluding carboxylic acids is 8. The summed E-state index contributed by atoms with van der Waals surface area (Å²) in [5.74, 6) is -12.6. The van der Waals surface area contributed by atoms with Gasteiger partial charge < -0.3 is 80.8 Å². The normalized spacial score (nSPS) is 14.6. The first-order valence-corrected chi connectivity index (χ1v) is 22.8. The monoisotopic (exact) mass is 973 g/mol. The third kappa shape index (κ3) is 24.7. The van der Waals surface area contributed by atoms with Crippen molar-refractivity contribution in [1.29, 1.82) is 0 Å². The van der Waals surface area contributed by atoms with Crippen LogP contribution >= 0.6 is 0 Å². The second-order valence-corrected chi connectivity index (χ2v) is 17.0. The molecule has 0 aromatic rings. The topological polar surface area (TPSA) is 449 Å². The highest BCUT2D eigenvalue weighted by molar-refractivity contribution is 5.98. The van der Waals surface area contributed by atoms with Gasteiger partial charge in [-0.3, -0.25) is 47.9 Å². The van der Waals surface area contributed by atoms with Crippen LogP contribution in [0.5, 0.6) is 0 Å². The lowest BCUT2D eigenvalue weighted by Crippen LogP contribution is -2.61. The highest BCUT2D eigenvalue weighted by atomic mass is 16.4. The van der Waals surface area contributed by atoms with E-state index in [1.165, 1.54) is 20.8 Å². The number of rotatable bonds is 36. The first kappa shape index (κ1) is 62.0. The summed E-state index contributed by atoms with van der Waals surface area (Å²) in [7, 11) is 0. The summed E-state index contributed by atoms with van der Waals surface area (Å²) in [5, 5.41) is 48.0. The Morgan fingerprint density at radius 3 is 1.18 bits per heavy atom. The standard InChI is InChI=1S/C42H76N12O14/c1-22(2)33(53-30(55)21-46)41(66)52-29(20-32(58)59)39(64)50-27(15-16-31(56)57)38(63)54-34(23(3)4)40(65)47-24(5)35(60)48-25(12-6-9-17-43)36(61)49-26(13-7-10-18-44)37(62)51-28(42(67)68)14-8-11-19-45/h22-29,33-34H,6-21,43-46H2,1-5H3,(H,47,65)(H,48,60)(H,49,61)(H,50,64)(H,51,62)(H,52,66)(H,53,55)(H,54,63)(H,56,57)(H,58,59)(H,67,68)/t24-,25-,26-,27-,28-,29-,33-,34-/m0/s1. The first-order valence-electron chi connectivity index (χ1n) is 22.8. The molecule has 0 heterocycles. The van der Waals surface area contributed by atoms with Crippen molar-refractivity contribution in [3.8, 4) is 0 Å². The minimum atomic E-state index is -1.82. The van der Waals surface area contributed by atoms with Crippen molar-refractivity contribution in [3.05, 3.63) is 0 Å². The van der Waals surface area contributed by atoms with Gasteiger partial charge in [-0.2, -0.15) is 0 Å². The largest absolute Gasteiger partial charge is 0.481 e. The Kier molecular flexibility index (Phi) is 30.5. The molecule has 0 aromatic carbocycles. The van der Waals surface area contributed by atoms with Gasteiger partial charge in [-0.1, -0.05) is 27.7 Å². The molecule has 0 saturated carbocycles. The lowest BCUT2D eigenvalue weighted by atomic mass is 10.0. The molecule has 0 aliphatic heterocycles.